The summed E-state index contributed by atoms with van der Waals surface area (Å²) in [6.45, 7) is 3.04. The first-order chi connectivity index (χ1) is 10.6. The van der Waals surface area contributed by atoms with Crippen molar-refractivity contribution < 1.29 is 9.47 Å². The van der Waals surface area contributed by atoms with Gasteiger partial charge in [-0.2, -0.15) is 0 Å². The van der Waals surface area contributed by atoms with E-state index in [0.29, 0.717) is 0 Å². The van der Waals surface area contributed by atoms with Gasteiger partial charge in [0.1, 0.15) is 0 Å². The van der Waals surface area contributed by atoms with Crippen molar-refractivity contribution in [1.29, 1.82) is 0 Å². The molecule has 2 aromatic rings. The number of methoxy groups -OCH3 is 2. The molecule has 1 N–H and O–H groups in total. The third-order valence-corrected chi connectivity index (χ3v) is 3.93. The molecule has 0 saturated heterocycles. The van der Waals surface area contributed by atoms with Crippen LogP contribution in [0.1, 0.15) is 24.1 Å². The molecule has 3 nitrogen and oxygen atoms in total. The third kappa shape index (κ3) is 4.39. The second-order valence-corrected chi connectivity index (χ2v) is 5.60. The summed E-state index contributed by atoms with van der Waals surface area (Å²) in [6, 6.07) is 14.3. The molecule has 118 valence electrons. The Morgan fingerprint density at radius 2 is 1.68 bits per heavy atom. The quantitative estimate of drug-likeness (QED) is 0.827. The van der Waals surface area contributed by atoms with Gasteiger partial charge in [0, 0.05) is 11.1 Å². The summed E-state index contributed by atoms with van der Waals surface area (Å²) in [5.74, 6) is 1.53. The van der Waals surface area contributed by atoms with Crippen LogP contribution in [0.25, 0.3) is 0 Å². The average Bonchev–Trinajstić information content (AvgIpc) is 2.55. The van der Waals surface area contributed by atoms with Crippen LogP contribution in [0.2, 0.25) is 5.02 Å². The predicted octanol–water partition coefficient (Wildman–Crippen LogP) is 4.25. The summed E-state index contributed by atoms with van der Waals surface area (Å²) in [5, 5.41) is 4.28. The largest absolute Gasteiger partial charge is 0.493 e. The van der Waals surface area contributed by atoms with Gasteiger partial charge in [0.25, 0.3) is 0 Å². The molecule has 0 spiro atoms. The van der Waals surface area contributed by atoms with Gasteiger partial charge in [-0.15, -0.1) is 0 Å². The standard InChI is InChI=1S/C18H22ClNO2/c1-13(15-5-7-16(19)8-6-15)20-11-10-14-4-9-17(21-2)18(12-14)22-3/h4-9,12-13,20H,10-11H2,1-3H3. The van der Waals surface area contributed by atoms with Gasteiger partial charge < -0.3 is 14.8 Å². The first-order valence-corrected chi connectivity index (χ1v) is 7.71. The summed E-state index contributed by atoms with van der Waals surface area (Å²) in [4.78, 5) is 0. The van der Waals surface area contributed by atoms with Crippen LogP contribution < -0.4 is 14.8 Å². The van der Waals surface area contributed by atoms with Gasteiger partial charge in [-0.3, -0.25) is 0 Å². The van der Waals surface area contributed by atoms with Gasteiger partial charge in [0.15, 0.2) is 11.5 Å². The highest BCUT2D eigenvalue weighted by Crippen LogP contribution is 2.27. The molecule has 0 heterocycles. The minimum atomic E-state index is 0.289. The average molecular weight is 320 g/mol. The number of benzene rings is 2. The molecule has 0 radical (unpaired) electrons. The Morgan fingerprint density at radius 1 is 1.00 bits per heavy atom. The van der Waals surface area contributed by atoms with E-state index in [2.05, 4.69) is 30.4 Å². The molecular weight excluding hydrogens is 298 g/mol. The van der Waals surface area contributed by atoms with Crippen LogP contribution in [0.15, 0.2) is 42.5 Å². The Kier molecular flexibility index (Phi) is 6.10. The highest BCUT2D eigenvalue weighted by molar-refractivity contribution is 6.30. The molecule has 1 atom stereocenters. The normalized spacial score (nSPS) is 12.0. The van der Waals surface area contributed by atoms with Gasteiger partial charge in [-0.05, 0) is 55.3 Å². The van der Waals surface area contributed by atoms with E-state index < -0.39 is 0 Å². The van der Waals surface area contributed by atoms with Crippen LogP contribution in [-0.4, -0.2) is 20.8 Å². The smallest absolute Gasteiger partial charge is 0.160 e. The van der Waals surface area contributed by atoms with Gasteiger partial charge in [0.2, 0.25) is 0 Å². The number of halogens is 1. The first kappa shape index (κ1) is 16.7. The molecule has 4 heteroatoms. The minimum Gasteiger partial charge on any atom is -0.493 e. The number of nitrogens with one attached hydrogen (secondary N) is 1. The van der Waals surface area contributed by atoms with E-state index in [1.54, 1.807) is 14.2 Å². The summed E-state index contributed by atoms with van der Waals surface area (Å²) >= 11 is 5.91. The molecule has 0 aliphatic carbocycles. The Labute approximate surface area is 137 Å². The molecule has 0 fully saturated rings. The summed E-state index contributed by atoms with van der Waals surface area (Å²) in [6.07, 6.45) is 0.929. The van der Waals surface area contributed by atoms with Crippen molar-refractivity contribution in [3.63, 3.8) is 0 Å². The Hall–Kier alpha value is -1.71. The van der Waals surface area contributed by atoms with E-state index in [0.717, 1.165) is 29.5 Å². The molecule has 22 heavy (non-hydrogen) atoms. The van der Waals surface area contributed by atoms with E-state index in [1.807, 2.05) is 24.3 Å². The molecule has 2 aromatic carbocycles. The molecule has 0 aromatic heterocycles. The maximum atomic E-state index is 5.91. The molecule has 0 aliphatic rings. The van der Waals surface area contributed by atoms with Crippen molar-refractivity contribution in [2.45, 2.75) is 19.4 Å². The SMILES string of the molecule is COc1ccc(CCNC(C)c2ccc(Cl)cc2)cc1OC. The molecule has 0 amide bonds. The lowest BCUT2D eigenvalue weighted by Gasteiger charge is -2.15. The van der Waals surface area contributed by atoms with Crippen LogP contribution in [0.5, 0.6) is 11.5 Å². The minimum absolute atomic E-state index is 0.289. The lowest BCUT2D eigenvalue weighted by molar-refractivity contribution is 0.354. The molecule has 0 saturated carbocycles. The van der Waals surface area contributed by atoms with Crippen LogP contribution in [0, 0.1) is 0 Å². The van der Waals surface area contributed by atoms with Gasteiger partial charge in [-0.25, -0.2) is 0 Å². The van der Waals surface area contributed by atoms with Crippen LogP contribution in [-0.2, 0) is 6.42 Å². The fourth-order valence-corrected chi connectivity index (χ4v) is 2.46. The van der Waals surface area contributed by atoms with Crippen molar-refractivity contribution in [3.05, 3.63) is 58.6 Å². The lowest BCUT2D eigenvalue weighted by Crippen LogP contribution is -2.21. The summed E-state index contributed by atoms with van der Waals surface area (Å²) in [7, 11) is 3.30. The van der Waals surface area contributed by atoms with E-state index in [4.69, 9.17) is 21.1 Å². The van der Waals surface area contributed by atoms with E-state index in [-0.39, 0.29) is 6.04 Å². The molecule has 0 bridgehead atoms. The first-order valence-electron chi connectivity index (χ1n) is 7.33. The summed E-state index contributed by atoms with van der Waals surface area (Å²) in [5.41, 5.74) is 2.45. The number of hydrogen-bond donors (Lipinski definition) is 1. The number of rotatable bonds is 7. The zero-order chi connectivity index (χ0) is 15.9. The van der Waals surface area contributed by atoms with Gasteiger partial charge in [-0.1, -0.05) is 29.8 Å². The van der Waals surface area contributed by atoms with Crippen molar-refractivity contribution >= 4 is 11.6 Å². The van der Waals surface area contributed by atoms with Crippen molar-refractivity contribution in [2.75, 3.05) is 20.8 Å². The molecule has 1 unspecified atom stereocenters. The molecule has 2 rings (SSSR count). The fraction of sp³-hybridized carbons (Fsp3) is 0.333. The Bertz CT molecular complexity index is 599. The van der Waals surface area contributed by atoms with E-state index >= 15 is 0 Å². The Balaban J connectivity index is 1.89. The van der Waals surface area contributed by atoms with Gasteiger partial charge in [0.05, 0.1) is 14.2 Å². The molecule has 0 aliphatic heterocycles. The lowest BCUT2D eigenvalue weighted by atomic mass is 10.1. The topological polar surface area (TPSA) is 30.5 Å². The fourth-order valence-electron chi connectivity index (χ4n) is 2.34. The van der Waals surface area contributed by atoms with E-state index in [9.17, 15) is 0 Å². The number of ether oxygens (including phenoxy) is 2. The van der Waals surface area contributed by atoms with Crippen molar-refractivity contribution in [2.24, 2.45) is 0 Å². The van der Waals surface area contributed by atoms with Crippen LogP contribution in [0.4, 0.5) is 0 Å². The highest BCUT2D eigenvalue weighted by Gasteiger charge is 2.06. The van der Waals surface area contributed by atoms with Crippen LogP contribution >= 0.6 is 11.6 Å². The van der Waals surface area contributed by atoms with Crippen molar-refractivity contribution in [3.8, 4) is 11.5 Å². The van der Waals surface area contributed by atoms with E-state index in [1.165, 1.54) is 11.1 Å². The van der Waals surface area contributed by atoms with Crippen LogP contribution in [0.3, 0.4) is 0 Å². The monoisotopic (exact) mass is 319 g/mol. The predicted molar refractivity (Wildman–Crippen MR) is 91.1 cm³/mol. The maximum absolute atomic E-state index is 5.91. The number of hydrogen-bond acceptors (Lipinski definition) is 3. The second-order valence-electron chi connectivity index (χ2n) is 5.17. The van der Waals surface area contributed by atoms with Crippen molar-refractivity contribution in [1.82, 2.24) is 5.32 Å². The summed E-state index contributed by atoms with van der Waals surface area (Å²) < 4.78 is 10.6. The van der Waals surface area contributed by atoms with Gasteiger partial charge >= 0.3 is 0 Å². The molecular formula is C18H22ClNO2. The zero-order valence-corrected chi connectivity index (χ0v) is 14.0. The Morgan fingerprint density at radius 3 is 2.32 bits per heavy atom. The second kappa shape index (κ2) is 8.06. The maximum Gasteiger partial charge on any atom is 0.160 e. The third-order valence-electron chi connectivity index (χ3n) is 3.68. The highest BCUT2D eigenvalue weighted by atomic mass is 35.5. The zero-order valence-electron chi connectivity index (χ0n) is 13.2.